The molecule has 0 radical (unpaired) electrons. The van der Waals surface area contributed by atoms with Gasteiger partial charge in [0, 0.05) is 27.6 Å². The van der Waals surface area contributed by atoms with E-state index in [9.17, 15) is 9.59 Å². The van der Waals surface area contributed by atoms with E-state index in [1.165, 1.54) is 6.26 Å². The molecular formula is C21H16BrN3O3. The maximum absolute atomic E-state index is 12.4. The van der Waals surface area contributed by atoms with Crippen molar-refractivity contribution in [1.29, 1.82) is 0 Å². The van der Waals surface area contributed by atoms with Crippen LogP contribution in [0.3, 0.4) is 0 Å². The first-order valence-corrected chi connectivity index (χ1v) is 9.38. The predicted molar refractivity (Wildman–Crippen MR) is 110 cm³/mol. The summed E-state index contributed by atoms with van der Waals surface area (Å²) in [6.45, 7) is 0.379. The van der Waals surface area contributed by atoms with Gasteiger partial charge in [0.05, 0.1) is 6.26 Å². The molecule has 0 aliphatic rings. The van der Waals surface area contributed by atoms with Crippen LogP contribution in [0, 0.1) is 0 Å². The van der Waals surface area contributed by atoms with Crippen LogP contribution in [0.25, 0.3) is 10.9 Å². The van der Waals surface area contributed by atoms with E-state index in [0.29, 0.717) is 17.9 Å². The fourth-order valence-corrected chi connectivity index (χ4v) is 3.19. The third-order valence-corrected chi connectivity index (χ3v) is 4.73. The minimum absolute atomic E-state index is 0.178. The normalized spacial score (nSPS) is 10.8. The molecule has 0 aliphatic carbocycles. The van der Waals surface area contributed by atoms with Gasteiger partial charge in [0.25, 0.3) is 11.8 Å². The number of hydrogen-bond donors (Lipinski definition) is 3. The van der Waals surface area contributed by atoms with Crippen LogP contribution >= 0.6 is 15.9 Å². The number of carbonyl (C=O) groups excluding carboxylic acids is 2. The third kappa shape index (κ3) is 3.99. The lowest BCUT2D eigenvalue weighted by Crippen LogP contribution is -2.23. The van der Waals surface area contributed by atoms with Gasteiger partial charge in [0.15, 0.2) is 5.76 Å². The predicted octanol–water partition coefficient (Wildman–Crippen LogP) is 4.71. The Morgan fingerprint density at radius 3 is 2.57 bits per heavy atom. The zero-order valence-electron chi connectivity index (χ0n) is 14.7. The monoisotopic (exact) mass is 437 g/mol. The van der Waals surface area contributed by atoms with Crippen molar-refractivity contribution in [3.05, 3.63) is 88.4 Å². The van der Waals surface area contributed by atoms with Crippen LogP contribution in [0.5, 0.6) is 0 Å². The second-order valence-electron chi connectivity index (χ2n) is 6.23. The fraction of sp³-hybridized carbons (Fsp3) is 0.0476. The molecule has 3 N–H and O–H groups in total. The molecule has 0 unspecified atom stereocenters. The van der Waals surface area contributed by atoms with E-state index < -0.39 is 0 Å². The number of nitrogens with one attached hydrogen (secondary N) is 3. The minimum atomic E-state index is -0.309. The highest BCUT2D eigenvalue weighted by molar-refractivity contribution is 9.10. The molecule has 0 saturated carbocycles. The highest BCUT2D eigenvalue weighted by Crippen LogP contribution is 2.20. The second kappa shape index (κ2) is 7.74. The van der Waals surface area contributed by atoms with Crippen LogP contribution in [0.2, 0.25) is 0 Å². The van der Waals surface area contributed by atoms with Crippen LogP contribution in [-0.2, 0) is 6.54 Å². The molecule has 2 aromatic carbocycles. The number of rotatable bonds is 5. The van der Waals surface area contributed by atoms with Gasteiger partial charge in [-0.1, -0.05) is 28.1 Å². The highest BCUT2D eigenvalue weighted by Gasteiger charge is 2.10. The number of aromatic nitrogens is 1. The quantitative estimate of drug-likeness (QED) is 0.422. The summed E-state index contributed by atoms with van der Waals surface area (Å²) >= 11 is 3.43. The molecule has 28 heavy (non-hydrogen) atoms. The number of anilines is 1. The average Bonchev–Trinajstić information content (AvgIpc) is 3.36. The van der Waals surface area contributed by atoms with Crippen molar-refractivity contribution in [3.8, 4) is 0 Å². The maximum Gasteiger partial charge on any atom is 0.291 e. The van der Waals surface area contributed by atoms with Crippen molar-refractivity contribution in [2.24, 2.45) is 0 Å². The summed E-state index contributed by atoms with van der Waals surface area (Å²) in [6.07, 6.45) is 1.45. The first-order valence-electron chi connectivity index (χ1n) is 8.59. The van der Waals surface area contributed by atoms with E-state index in [4.69, 9.17) is 4.42 Å². The second-order valence-corrected chi connectivity index (χ2v) is 7.14. The summed E-state index contributed by atoms with van der Waals surface area (Å²) in [5.41, 5.74) is 2.99. The molecule has 4 rings (SSSR count). The number of halogens is 1. The molecule has 0 aliphatic heterocycles. The summed E-state index contributed by atoms with van der Waals surface area (Å²) in [6, 6.07) is 18.1. The van der Waals surface area contributed by atoms with Crippen molar-refractivity contribution in [1.82, 2.24) is 10.3 Å². The molecule has 0 bridgehead atoms. The smallest absolute Gasteiger partial charge is 0.291 e. The molecule has 0 saturated heterocycles. The van der Waals surface area contributed by atoms with Crippen LogP contribution in [0.4, 0.5) is 5.69 Å². The molecular weight excluding hydrogens is 422 g/mol. The molecule has 0 atom stereocenters. The SMILES string of the molecule is O=C(NCc1ccc(NC(=O)c2ccco2)cc1)c1cc2cc(Br)ccc2[nH]1. The van der Waals surface area contributed by atoms with Crippen LogP contribution in [-0.4, -0.2) is 16.8 Å². The lowest BCUT2D eigenvalue weighted by molar-refractivity contribution is 0.0945. The van der Waals surface area contributed by atoms with Crippen LogP contribution < -0.4 is 10.6 Å². The number of fused-ring (bicyclic) bond motifs is 1. The van der Waals surface area contributed by atoms with Gasteiger partial charge in [-0.15, -0.1) is 0 Å². The van der Waals surface area contributed by atoms with E-state index in [1.54, 1.807) is 24.3 Å². The molecule has 2 amide bonds. The number of aromatic amines is 1. The Balaban J connectivity index is 1.36. The largest absolute Gasteiger partial charge is 0.459 e. The Kier molecular flexibility index (Phi) is 4.99. The summed E-state index contributed by atoms with van der Waals surface area (Å²) in [4.78, 5) is 27.5. The zero-order valence-corrected chi connectivity index (χ0v) is 16.2. The zero-order chi connectivity index (χ0) is 19.5. The molecule has 140 valence electrons. The number of H-pyrrole nitrogens is 1. The van der Waals surface area contributed by atoms with Crippen molar-refractivity contribution in [3.63, 3.8) is 0 Å². The van der Waals surface area contributed by atoms with Gasteiger partial charge in [-0.3, -0.25) is 9.59 Å². The average molecular weight is 438 g/mol. The van der Waals surface area contributed by atoms with Gasteiger partial charge in [-0.05, 0) is 54.1 Å². The first kappa shape index (κ1) is 18.1. The fourth-order valence-electron chi connectivity index (χ4n) is 2.81. The highest BCUT2D eigenvalue weighted by atomic mass is 79.9. The van der Waals surface area contributed by atoms with E-state index in [-0.39, 0.29) is 17.6 Å². The topological polar surface area (TPSA) is 87.1 Å². The van der Waals surface area contributed by atoms with Crippen molar-refractivity contribution < 1.29 is 14.0 Å². The molecule has 0 spiro atoms. The molecule has 2 heterocycles. The van der Waals surface area contributed by atoms with Gasteiger partial charge >= 0.3 is 0 Å². The Hall–Kier alpha value is -3.32. The summed E-state index contributed by atoms with van der Waals surface area (Å²) in [5, 5.41) is 6.61. The van der Waals surface area contributed by atoms with Gasteiger partial charge in [-0.25, -0.2) is 0 Å². The van der Waals surface area contributed by atoms with Gasteiger partial charge in [0.1, 0.15) is 5.69 Å². The molecule has 6 nitrogen and oxygen atoms in total. The van der Waals surface area contributed by atoms with E-state index in [2.05, 4.69) is 31.5 Å². The number of furan rings is 1. The van der Waals surface area contributed by atoms with Gasteiger partial charge in [-0.2, -0.15) is 0 Å². The van der Waals surface area contributed by atoms with Crippen molar-refractivity contribution >= 4 is 44.3 Å². The number of carbonyl (C=O) groups is 2. The third-order valence-electron chi connectivity index (χ3n) is 4.24. The Morgan fingerprint density at radius 2 is 1.82 bits per heavy atom. The van der Waals surface area contributed by atoms with Crippen molar-refractivity contribution in [2.75, 3.05) is 5.32 Å². The Bertz CT molecular complexity index is 1130. The van der Waals surface area contributed by atoms with Gasteiger partial charge in [0.2, 0.25) is 0 Å². The Labute approximate surface area is 169 Å². The first-order chi connectivity index (χ1) is 13.6. The lowest BCUT2D eigenvalue weighted by Gasteiger charge is -2.06. The minimum Gasteiger partial charge on any atom is -0.459 e. The van der Waals surface area contributed by atoms with Crippen LogP contribution in [0.15, 0.2) is 75.8 Å². The lowest BCUT2D eigenvalue weighted by atomic mass is 10.2. The summed E-state index contributed by atoms with van der Waals surface area (Å²) in [7, 11) is 0. The number of amides is 2. The van der Waals surface area contributed by atoms with Crippen molar-refractivity contribution in [2.45, 2.75) is 6.54 Å². The standard InChI is InChI=1S/C21H16BrN3O3/c22-15-5-8-17-14(10-15)11-18(25-17)20(26)23-12-13-3-6-16(7-4-13)24-21(27)19-2-1-9-28-19/h1-11,25H,12H2,(H,23,26)(H,24,27). The summed E-state index contributed by atoms with van der Waals surface area (Å²) < 4.78 is 6.02. The number of hydrogen-bond acceptors (Lipinski definition) is 3. The van der Waals surface area contributed by atoms with E-state index in [1.807, 2.05) is 36.4 Å². The molecule has 7 heteroatoms. The molecule has 2 aromatic heterocycles. The van der Waals surface area contributed by atoms with Gasteiger partial charge < -0.3 is 20.0 Å². The maximum atomic E-state index is 12.4. The van der Waals surface area contributed by atoms with E-state index in [0.717, 1.165) is 20.9 Å². The molecule has 4 aromatic rings. The van der Waals surface area contributed by atoms with Crippen LogP contribution in [0.1, 0.15) is 26.6 Å². The van der Waals surface area contributed by atoms with E-state index >= 15 is 0 Å². The molecule has 0 fully saturated rings. The Morgan fingerprint density at radius 1 is 1.00 bits per heavy atom. The number of benzene rings is 2. The summed E-state index contributed by atoms with van der Waals surface area (Å²) in [5.74, 6) is -0.235.